The molecule has 0 unspecified atom stereocenters. The number of carbonyl (C=O) groups is 2. The number of hydrogen-bond acceptors (Lipinski definition) is 3. The van der Waals surface area contributed by atoms with E-state index in [1.807, 2.05) is 3.11 Å². The van der Waals surface area contributed by atoms with Crippen molar-refractivity contribution in [1.82, 2.24) is 8.01 Å². The fourth-order valence-electron chi connectivity index (χ4n) is 2.68. The first kappa shape index (κ1) is 14.6. The van der Waals surface area contributed by atoms with Crippen molar-refractivity contribution in [2.24, 2.45) is 0 Å². The molecular weight excluding hydrogens is 386 g/mol. The van der Waals surface area contributed by atoms with Gasteiger partial charge < -0.3 is 0 Å². The molecule has 0 aliphatic carbocycles. The van der Waals surface area contributed by atoms with Gasteiger partial charge in [0, 0.05) is 36.0 Å². The van der Waals surface area contributed by atoms with Crippen LogP contribution in [0, 0.1) is 0 Å². The summed E-state index contributed by atoms with van der Waals surface area (Å²) < 4.78 is 16.4. The van der Waals surface area contributed by atoms with Crippen LogP contribution >= 0.6 is 22.9 Å². The summed E-state index contributed by atoms with van der Waals surface area (Å²) in [7, 11) is 0. The molecule has 0 N–H and O–H groups in total. The summed E-state index contributed by atoms with van der Waals surface area (Å²) in [5.41, 5.74) is 1.41. The minimum absolute atomic E-state index is 0.258. The van der Waals surface area contributed by atoms with E-state index in [0.29, 0.717) is 29.7 Å². The van der Waals surface area contributed by atoms with Crippen LogP contribution in [0.15, 0.2) is 35.7 Å². The number of benzene rings is 1. The Morgan fingerprint density at radius 3 is 2.38 bits per heavy atom. The van der Waals surface area contributed by atoms with E-state index >= 15 is 0 Å². The first-order valence-corrected chi connectivity index (χ1v) is 7.77. The Labute approximate surface area is 136 Å². The fourth-order valence-corrected chi connectivity index (χ4v) is 3.44. The van der Waals surface area contributed by atoms with Crippen LogP contribution in [-0.4, -0.2) is 39.5 Å². The molecule has 2 aliphatic heterocycles. The maximum Gasteiger partial charge on any atom is 0.261 e. The van der Waals surface area contributed by atoms with E-state index in [1.54, 1.807) is 24.3 Å². The molecule has 2 aliphatic rings. The Bertz CT molecular complexity index is 609. The third-order valence-electron chi connectivity index (χ3n) is 3.80. The van der Waals surface area contributed by atoms with Gasteiger partial charge in [0.1, 0.15) is 5.83 Å². The molecule has 0 saturated carbocycles. The van der Waals surface area contributed by atoms with Gasteiger partial charge in [-0.05, 0) is 30.5 Å². The highest BCUT2D eigenvalue weighted by Gasteiger charge is 2.36. The Hall–Kier alpha value is -1.28. The van der Waals surface area contributed by atoms with Crippen LogP contribution < -0.4 is 0 Å². The average molecular weight is 400 g/mol. The Morgan fingerprint density at radius 2 is 1.81 bits per heavy atom. The topological polar surface area (TPSA) is 40.6 Å². The largest absolute Gasteiger partial charge is 0.269 e. The van der Waals surface area contributed by atoms with Gasteiger partial charge >= 0.3 is 0 Å². The predicted octanol–water partition coefficient (Wildman–Crippen LogP) is 2.95. The molecule has 1 fully saturated rings. The number of amides is 2. The molecule has 1 saturated heterocycles. The highest BCUT2D eigenvalue weighted by Crippen LogP contribution is 2.27. The van der Waals surface area contributed by atoms with Crippen molar-refractivity contribution in [1.29, 1.82) is 0 Å². The van der Waals surface area contributed by atoms with Gasteiger partial charge in [0.15, 0.2) is 0 Å². The van der Waals surface area contributed by atoms with Gasteiger partial charge in [0.05, 0.1) is 17.7 Å². The minimum Gasteiger partial charge on any atom is -0.269 e. The molecule has 6 heteroatoms. The second kappa shape index (κ2) is 5.84. The van der Waals surface area contributed by atoms with Crippen molar-refractivity contribution >= 4 is 34.7 Å². The lowest BCUT2D eigenvalue weighted by Crippen LogP contribution is -2.32. The number of fused-ring (bicyclic) bond motifs is 1. The van der Waals surface area contributed by atoms with Gasteiger partial charge in [-0.2, -0.15) is 0 Å². The summed E-state index contributed by atoms with van der Waals surface area (Å²) in [5.74, 6) is -1.17. The maximum atomic E-state index is 14.4. The summed E-state index contributed by atoms with van der Waals surface area (Å²) in [6.45, 7) is 1.23. The van der Waals surface area contributed by atoms with Crippen LogP contribution in [0.25, 0.3) is 0 Å². The molecule has 2 amide bonds. The SMILES string of the molecule is O=C1c2ccccc2C(=O)N1C/C(F)=C1/CCCN(I)C1. The standard InChI is InChI=1S/C15H14FIN2O2/c16-13(10-4-3-7-18(17)8-10)9-19-14(20)11-5-1-2-6-12(11)15(19)21/h1-2,5-6H,3-4,7-9H2/b13-10+. The third-order valence-corrected chi connectivity index (χ3v) is 4.62. The van der Waals surface area contributed by atoms with Gasteiger partial charge in [-0.1, -0.05) is 12.1 Å². The summed E-state index contributed by atoms with van der Waals surface area (Å²) in [6, 6.07) is 6.62. The van der Waals surface area contributed by atoms with Crippen molar-refractivity contribution in [2.45, 2.75) is 12.8 Å². The van der Waals surface area contributed by atoms with E-state index < -0.39 is 11.8 Å². The lowest BCUT2D eigenvalue weighted by Gasteiger charge is -2.24. The number of imide groups is 1. The zero-order valence-electron chi connectivity index (χ0n) is 11.3. The van der Waals surface area contributed by atoms with Crippen molar-refractivity contribution in [3.8, 4) is 0 Å². The number of carbonyl (C=O) groups excluding carboxylic acids is 2. The first-order chi connectivity index (χ1) is 10.1. The number of halogens is 2. The van der Waals surface area contributed by atoms with Gasteiger partial charge in [-0.15, -0.1) is 0 Å². The van der Waals surface area contributed by atoms with Crippen LogP contribution in [0.4, 0.5) is 4.39 Å². The highest BCUT2D eigenvalue weighted by molar-refractivity contribution is 14.1. The predicted molar refractivity (Wildman–Crippen MR) is 84.8 cm³/mol. The van der Waals surface area contributed by atoms with E-state index in [1.165, 1.54) is 0 Å². The zero-order chi connectivity index (χ0) is 15.0. The van der Waals surface area contributed by atoms with E-state index in [4.69, 9.17) is 0 Å². The molecule has 2 heterocycles. The van der Waals surface area contributed by atoms with E-state index in [9.17, 15) is 14.0 Å². The van der Waals surface area contributed by atoms with Gasteiger partial charge in [0.2, 0.25) is 0 Å². The molecule has 0 bridgehead atoms. The molecule has 1 aromatic carbocycles. The Morgan fingerprint density at radius 1 is 1.19 bits per heavy atom. The monoisotopic (exact) mass is 400 g/mol. The number of rotatable bonds is 2. The van der Waals surface area contributed by atoms with Crippen molar-refractivity contribution < 1.29 is 14.0 Å². The molecule has 1 aromatic rings. The molecule has 4 nitrogen and oxygen atoms in total. The van der Waals surface area contributed by atoms with Crippen molar-refractivity contribution in [2.75, 3.05) is 19.6 Å². The Balaban J connectivity index is 1.82. The average Bonchev–Trinajstić information content (AvgIpc) is 2.73. The molecule has 0 radical (unpaired) electrons. The van der Waals surface area contributed by atoms with Crippen molar-refractivity contribution in [3.63, 3.8) is 0 Å². The minimum atomic E-state index is -0.409. The molecular formula is C15H14FIN2O2. The zero-order valence-corrected chi connectivity index (χ0v) is 13.5. The van der Waals surface area contributed by atoms with Crippen LogP contribution in [0.2, 0.25) is 0 Å². The lowest BCUT2D eigenvalue weighted by molar-refractivity contribution is 0.0659. The smallest absolute Gasteiger partial charge is 0.261 e. The molecule has 110 valence electrons. The number of nitrogens with zero attached hydrogens (tertiary/aromatic N) is 2. The van der Waals surface area contributed by atoms with E-state index in [-0.39, 0.29) is 12.4 Å². The first-order valence-electron chi connectivity index (χ1n) is 6.80. The van der Waals surface area contributed by atoms with Crippen LogP contribution in [0.3, 0.4) is 0 Å². The summed E-state index contributed by atoms with van der Waals surface area (Å²) >= 11 is 2.16. The molecule has 0 aromatic heterocycles. The van der Waals surface area contributed by atoms with Crippen LogP contribution in [0.1, 0.15) is 33.6 Å². The quantitative estimate of drug-likeness (QED) is 0.436. The number of piperidine rings is 1. The molecule has 0 atom stereocenters. The molecule has 3 rings (SSSR count). The van der Waals surface area contributed by atoms with Crippen LogP contribution in [-0.2, 0) is 0 Å². The summed E-state index contributed by atoms with van der Waals surface area (Å²) in [6.07, 6.45) is 1.59. The lowest BCUT2D eigenvalue weighted by atomic mass is 10.1. The van der Waals surface area contributed by atoms with Crippen LogP contribution in [0.5, 0.6) is 0 Å². The normalized spacial score (nSPS) is 21.7. The third kappa shape index (κ3) is 2.74. The highest BCUT2D eigenvalue weighted by atomic mass is 127. The van der Waals surface area contributed by atoms with Gasteiger partial charge in [-0.3, -0.25) is 14.5 Å². The summed E-state index contributed by atoms with van der Waals surface area (Å²) in [4.78, 5) is 25.4. The van der Waals surface area contributed by atoms with E-state index in [0.717, 1.165) is 17.9 Å². The second-order valence-corrected chi connectivity index (χ2v) is 6.56. The summed E-state index contributed by atoms with van der Waals surface area (Å²) in [5, 5.41) is 0. The molecule has 21 heavy (non-hydrogen) atoms. The molecule has 0 spiro atoms. The van der Waals surface area contributed by atoms with Crippen molar-refractivity contribution in [3.05, 3.63) is 46.8 Å². The van der Waals surface area contributed by atoms with Gasteiger partial charge in [0.25, 0.3) is 11.8 Å². The second-order valence-electron chi connectivity index (χ2n) is 5.20. The van der Waals surface area contributed by atoms with Gasteiger partial charge in [-0.25, -0.2) is 7.50 Å². The maximum absolute atomic E-state index is 14.4. The van der Waals surface area contributed by atoms with E-state index in [2.05, 4.69) is 22.9 Å². The number of hydrogen-bond donors (Lipinski definition) is 0. The fraction of sp³-hybridized carbons (Fsp3) is 0.333. The Kier molecular flexibility index (Phi) is 4.08.